The van der Waals surface area contributed by atoms with Crippen LogP contribution in [0.15, 0.2) is 18.2 Å². The zero-order chi connectivity index (χ0) is 13.1. The van der Waals surface area contributed by atoms with Crippen LogP contribution in [0.4, 0.5) is 0 Å². The van der Waals surface area contributed by atoms with Gasteiger partial charge in [0.1, 0.15) is 0 Å². The van der Waals surface area contributed by atoms with Crippen molar-refractivity contribution < 1.29 is 4.79 Å². The van der Waals surface area contributed by atoms with Crippen molar-refractivity contribution in [1.29, 1.82) is 0 Å². The van der Waals surface area contributed by atoms with Crippen molar-refractivity contribution in [3.05, 3.63) is 32.4 Å². The molecule has 0 aromatic heterocycles. The van der Waals surface area contributed by atoms with Gasteiger partial charge in [0, 0.05) is 28.2 Å². The molecule has 2 rings (SSSR count). The Morgan fingerprint density at radius 3 is 2.83 bits per heavy atom. The molecule has 1 aromatic carbocycles. The maximum absolute atomic E-state index is 12.5. The molecule has 1 fully saturated rings. The molecule has 1 saturated heterocycles. The largest absolute Gasteiger partial charge is 0.337 e. The predicted molar refractivity (Wildman–Crippen MR) is 82.2 cm³/mol. The molecule has 3 nitrogen and oxygen atoms in total. The lowest BCUT2D eigenvalue weighted by molar-refractivity contribution is 0.0762. The Morgan fingerprint density at radius 1 is 1.28 bits per heavy atom. The molecule has 5 heteroatoms. The van der Waals surface area contributed by atoms with Crippen LogP contribution in [-0.2, 0) is 0 Å². The van der Waals surface area contributed by atoms with Gasteiger partial charge in [-0.2, -0.15) is 0 Å². The van der Waals surface area contributed by atoms with E-state index in [1.807, 2.05) is 17.0 Å². The number of carbonyl (C=O) groups is 1. The fourth-order valence-electron chi connectivity index (χ4n) is 2.08. The molecule has 18 heavy (non-hydrogen) atoms. The van der Waals surface area contributed by atoms with E-state index in [1.54, 1.807) is 6.07 Å². The second-order valence-electron chi connectivity index (χ2n) is 4.57. The summed E-state index contributed by atoms with van der Waals surface area (Å²) in [5.74, 6) is 0.0946. The van der Waals surface area contributed by atoms with Crippen LogP contribution in [0.5, 0.6) is 0 Å². The van der Waals surface area contributed by atoms with Gasteiger partial charge in [0.2, 0.25) is 0 Å². The van der Waals surface area contributed by atoms with E-state index in [1.165, 1.54) is 0 Å². The molecule has 1 aliphatic rings. The molecule has 1 aromatic rings. The maximum Gasteiger partial charge on any atom is 0.255 e. The van der Waals surface area contributed by atoms with Gasteiger partial charge in [0.25, 0.3) is 5.91 Å². The molecule has 1 amide bonds. The molecule has 0 unspecified atom stereocenters. The molecule has 0 N–H and O–H groups in total. The zero-order valence-electron chi connectivity index (χ0n) is 10.3. The van der Waals surface area contributed by atoms with E-state index >= 15 is 0 Å². The summed E-state index contributed by atoms with van der Waals surface area (Å²) >= 11 is 8.16. The number of hydrogen-bond donors (Lipinski definition) is 0. The lowest BCUT2D eigenvalue weighted by Crippen LogP contribution is -2.34. The number of halogens is 2. The number of nitrogens with zero attached hydrogens (tertiary/aromatic N) is 2. The van der Waals surface area contributed by atoms with Crippen molar-refractivity contribution in [2.24, 2.45) is 0 Å². The number of hydrogen-bond acceptors (Lipinski definition) is 2. The summed E-state index contributed by atoms with van der Waals surface area (Å²) in [6, 6.07) is 5.47. The van der Waals surface area contributed by atoms with Crippen LogP contribution >= 0.6 is 34.2 Å². The van der Waals surface area contributed by atoms with Crippen molar-refractivity contribution in [3.63, 3.8) is 0 Å². The Bertz CT molecular complexity index is 453. The lowest BCUT2D eigenvalue weighted by atomic mass is 10.2. The van der Waals surface area contributed by atoms with Gasteiger partial charge in [0.05, 0.1) is 5.56 Å². The van der Waals surface area contributed by atoms with Crippen molar-refractivity contribution in [2.75, 3.05) is 33.2 Å². The maximum atomic E-state index is 12.5. The molecule has 0 radical (unpaired) electrons. The van der Waals surface area contributed by atoms with Crippen molar-refractivity contribution in [3.8, 4) is 0 Å². The summed E-state index contributed by atoms with van der Waals surface area (Å²) in [5, 5.41) is 0.616. The first kappa shape index (κ1) is 14.1. The minimum absolute atomic E-state index is 0.0946. The summed E-state index contributed by atoms with van der Waals surface area (Å²) in [4.78, 5) is 16.7. The topological polar surface area (TPSA) is 23.6 Å². The molecule has 0 spiro atoms. The summed E-state index contributed by atoms with van der Waals surface area (Å²) in [7, 11) is 2.09. The van der Waals surface area contributed by atoms with Gasteiger partial charge < -0.3 is 9.80 Å². The van der Waals surface area contributed by atoms with Gasteiger partial charge in [0.15, 0.2) is 0 Å². The number of carbonyl (C=O) groups excluding carboxylic acids is 1. The second kappa shape index (κ2) is 6.21. The normalized spacial score (nSPS) is 17.6. The minimum atomic E-state index is 0.0946. The highest BCUT2D eigenvalue weighted by Gasteiger charge is 2.20. The Labute approximate surface area is 126 Å². The van der Waals surface area contributed by atoms with Crippen LogP contribution in [0.2, 0.25) is 5.02 Å². The summed E-state index contributed by atoms with van der Waals surface area (Å²) < 4.78 is 0.958. The average molecular weight is 379 g/mol. The Kier molecular flexibility index (Phi) is 4.86. The Morgan fingerprint density at radius 2 is 2.06 bits per heavy atom. The van der Waals surface area contributed by atoms with Crippen molar-refractivity contribution in [1.82, 2.24) is 9.80 Å². The standard InChI is InChI=1S/C13H16ClIN2O/c1-16-5-2-6-17(8-7-16)13(18)11-9-10(14)3-4-12(11)15/h3-4,9H,2,5-8H2,1H3. The van der Waals surface area contributed by atoms with Crippen LogP contribution in [0, 0.1) is 3.57 Å². The summed E-state index contributed by atoms with van der Waals surface area (Å²) in [6.07, 6.45) is 1.03. The Hall–Kier alpha value is -0.330. The van der Waals surface area contributed by atoms with E-state index < -0.39 is 0 Å². The van der Waals surface area contributed by atoms with Crippen LogP contribution in [0.1, 0.15) is 16.8 Å². The van der Waals surface area contributed by atoms with E-state index in [-0.39, 0.29) is 5.91 Å². The fraction of sp³-hybridized carbons (Fsp3) is 0.462. The second-order valence-corrected chi connectivity index (χ2v) is 6.17. The average Bonchev–Trinajstić information content (AvgIpc) is 2.56. The van der Waals surface area contributed by atoms with Gasteiger partial charge >= 0.3 is 0 Å². The molecule has 98 valence electrons. The van der Waals surface area contributed by atoms with E-state index in [4.69, 9.17) is 11.6 Å². The SMILES string of the molecule is CN1CCCN(C(=O)c2cc(Cl)ccc2I)CC1. The minimum Gasteiger partial charge on any atom is -0.337 e. The number of likely N-dealkylation sites (N-methyl/N-ethyl adjacent to an activating group) is 1. The first-order valence-corrected chi connectivity index (χ1v) is 7.46. The molecule has 0 saturated carbocycles. The van der Waals surface area contributed by atoms with Crippen molar-refractivity contribution >= 4 is 40.1 Å². The van der Waals surface area contributed by atoms with Crippen LogP contribution < -0.4 is 0 Å². The van der Waals surface area contributed by atoms with Gasteiger partial charge in [-0.3, -0.25) is 4.79 Å². The third-order valence-electron chi connectivity index (χ3n) is 3.17. The van der Waals surface area contributed by atoms with E-state index in [9.17, 15) is 4.79 Å². The fourth-order valence-corrected chi connectivity index (χ4v) is 2.82. The van der Waals surface area contributed by atoms with E-state index in [2.05, 4.69) is 34.5 Å². The molecular formula is C13H16ClIN2O. The molecular weight excluding hydrogens is 363 g/mol. The highest BCUT2D eigenvalue weighted by Crippen LogP contribution is 2.20. The summed E-state index contributed by atoms with van der Waals surface area (Å²) in [6.45, 7) is 3.60. The monoisotopic (exact) mass is 378 g/mol. The molecule has 0 aliphatic carbocycles. The van der Waals surface area contributed by atoms with E-state index in [0.29, 0.717) is 10.6 Å². The van der Waals surface area contributed by atoms with Gasteiger partial charge in [-0.15, -0.1) is 0 Å². The Balaban J connectivity index is 2.17. The van der Waals surface area contributed by atoms with Crippen LogP contribution in [0.25, 0.3) is 0 Å². The molecule has 0 bridgehead atoms. The third-order valence-corrected chi connectivity index (χ3v) is 4.34. The van der Waals surface area contributed by atoms with Crippen LogP contribution in [-0.4, -0.2) is 48.9 Å². The third kappa shape index (κ3) is 3.36. The van der Waals surface area contributed by atoms with Crippen molar-refractivity contribution in [2.45, 2.75) is 6.42 Å². The van der Waals surface area contributed by atoms with Gasteiger partial charge in [-0.25, -0.2) is 0 Å². The zero-order valence-corrected chi connectivity index (χ0v) is 13.2. The quantitative estimate of drug-likeness (QED) is 0.702. The van der Waals surface area contributed by atoms with E-state index in [0.717, 1.165) is 36.2 Å². The first-order chi connectivity index (χ1) is 8.58. The predicted octanol–water partition coefficient (Wildman–Crippen LogP) is 2.72. The molecule has 0 atom stereocenters. The van der Waals surface area contributed by atoms with Gasteiger partial charge in [-0.1, -0.05) is 11.6 Å². The summed E-state index contributed by atoms with van der Waals surface area (Å²) in [5.41, 5.74) is 0.715. The molecule has 1 heterocycles. The lowest BCUT2D eigenvalue weighted by Gasteiger charge is -2.21. The smallest absolute Gasteiger partial charge is 0.255 e. The number of amides is 1. The molecule has 1 aliphatic heterocycles. The highest BCUT2D eigenvalue weighted by molar-refractivity contribution is 14.1. The first-order valence-electron chi connectivity index (χ1n) is 6.01. The van der Waals surface area contributed by atoms with Gasteiger partial charge in [-0.05, 0) is 60.8 Å². The highest BCUT2D eigenvalue weighted by atomic mass is 127. The number of benzene rings is 1. The van der Waals surface area contributed by atoms with Crippen LogP contribution in [0.3, 0.4) is 0 Å². The number of rotatable bonds is 1.